The number of nitrogens with one attached hydrogen (secondary N) is 4. The maximum absolute atomic E-state index is 15.5. The van der Waals surface area contributed by atoms with E-state index in [0.717, 1.165) is 43.0 Å². The summed E-state index contributed by atoms with van der Waals surface area (Å²) in [6.45, 7) is 1.17. The number of H-pyrrole nitrogens is 1. The molecule has 5 aromatic rings. The number of hydrogen-bond acceptors (Lipinski definition) is 10. The molecule has 312 valence electrons. The van der Waals surface area contributed by atoms with E-state index in [-0.39, 0.29) is 66.8 Å². The molecule has 1 fully saturated rings. The molecule has 60 heavy (non-hydrogen) atoms. The summed E-state index contributed by atoms with van der Waals surface area (Å²) in [5.41, 5.74) is 4.33. The van der Waals surface area contributed by atoms with E-state index in [2.05, 4.69) is 25.9 Å². The molecule has 3 aliphatic rings. The summed E-state index contributed by atoms with van der Waals surface area (Å²) in [7, 11) is -2.08. The Balaban J connectivity index is 0.951. The van der Waals surface area contributed by atoms with Gasteiger partial charge in [-0.15, -0.1) is 0 Å². The Hall–Kier alpha value is -6.43. The normalized spacial score (nSPS) is 16.1. The molecule has 6 heterocycles. The van der Waals surface area contributed by atoms with E-state index in [9.17, 15) is 36.8 Å². The number of amides is 4. The molecule has 0 radical (unpaired) electrons. The Labute approximate surface area is 343 Å². The van der Waals surface area contributed by atoms with Crippen LogP contribution >= 0.6 is 0 Å². The molecule has 1 unspecified atom stereocenters. The zero-order valence-corrected chi connectivity index (χ0v) is 33.7. The van der Waals surface area contributed by atoms with Gasteiger partial charge in [0.25, 0.3) is 17.4 Å². The molecule has 4 amide bonds. The molecule has 0 saturated carbocycles. The van der Waals surface area contributed by atoms with Crippen LogP contribution in [-0.4, -0.2) is 76.9 Å². The van der Waals surface area contributed by atoms with Crippen LogP contribution in [0.5, 0.6) is 0 Å². The number of piperidine rings is 1. The fourth-order valence-corrected chi connectivity index (χ4v) is 9.18. The van der Waals surface area contributed by atoms with Crippen LogP contribution in [-0.2, 0) is 45.3 Å². The average molecular weight is 841 g/mol. The van der Waals surface area contributed by atoms with Crippen molar-refractivity contribution in [2.24, 2.45) is 7.05 Å². The number of aromatic amines is 1. The van der Waals surface area contributed by atoms with Gasteiger partial charge in [-0.25, -0.2) is 22.2 Å². The number of sulfone groups is 1. The minimum atomic E-state index is -3.66. The van der Waals surface area contributed by atoms with E-state index in [1.165, 1.54) is 20.4 Å². The van der Waals surface area contributed by atoms with E-state index in [1.54, 1.807) is 37.6 Å². The van der Waals surface area contributed by atoms with Gasteiger partial charge in [0.05, 0.1) is 24.2 Å². The molecule has 8 rings (SSSR count). The van der Waals surface area contributed by atoms with E-state index >= 15 is 4.39 Å². The number of aromatic nitrogens is 3. The number of nitrogens with zero attached hydrogens (tertiary/aromatic N) is 4. The molecule has 18 heteroatoms. The first-order valence-electron chi connectivity index (χ1n) is 19.6. The molecule has 3 aliphatic heterocycles. The molecule has 3 aromatic heterocycles. The lowest BCUT2D eigenvalue weighted by Gasteiger charge is -2.29. The number of rotatable bonds is 13. The van der Waals surface area contributed by atoms with Crippen LogP contribution < -0.4 is 26.4 Å². The maximum Gasteiger partial charge on any atom is 0.274 e. The van der Waals surface area contributed by atoms with Crippen molar-refractivity contribution in [3.05, 3.63) is 105 Å². The van der Waals surface area contributed by atoms with Crippen LogP contribution in [0.2, 0.25) is 0 Å². The first-order valence-corrected chi connectivity index (χ1v) is 21.7. The van der Waals surface area contributed by atoms with E-state index in [4.69, 9.17) is 0 Å². The zero-order chi connectivity index (χ0) is 42.5. The minimum Gasteiger partial charge on any atom is -0.385 e. The highest BCUT2D eigenvalue weighted by Crippen LogP contribution is 2.45. The summed E-state index contributed by atoms with van der Waals surface area (Å²) in [5.74, 6) is -4.08. The van der Waals surface area contributed by atoms with Gasteiger partial charge in [0.2, 0.25) is 11.8 Å². The lowest BCUT2D eigenvalue weighted by atomic mass is 9.96. The highest BCUT2D eigenvalue weighted by atomic mass is 32.2. The predicted molar refractivity (Wildman–Crippen MR) is 219 cm³/mol. The van der Waals surface area contributed by atoms with Gasteiger partial charge >= 0.3 is 0 Å². The number of aryl methyl sites for hydroxylation is 1. The van der Waals surface area contributed by atoms with Crippen molar-refractivity contribution in [2.45, 2.75) is 63.4 Å². The summed E-state index contributed by atoms with van der Waals surface area (Å²) in [6.07, 6.45) is 8.65. The molecule has 4 N–H and O–H groups in total. The van der Waals surface area contributed by atoms with Crippen molar-refractivity contribution in [3.8, 4) is 11.1 Å². The van der Waals surface area contributed by atoms with Gasteiger partial charge < -0.3 is 30.0 Å². The highest BCUT2D eigenvalue weighted by Gasteiger charge is 2.40. The smallest absolute Gasteiger partial charge is 0.274 e. The van der Waals surface area contributed by atoms with Crippen LogP contribution in [0, 0.1) is 11.6 Å². The second-order valence-corrected chi connectivity index (χ2v) is 17.6. The summed E-state index contributed by atoms with van der Waals surface area (Å²) in [5, 5.41) is 9.20. The van der Waals surface area contributed by atoms with Crippen molar-refractivity contribution in [1.82, 2.24) is 30.1 Å². The third kappa shape index (κ3) is 7.74. The number of pyridine rings is 2. The number of imide groups is 1. The number of unbranched alkanes of at least 4 members (excludes halogenated alkanes) is 3. The topological polar surface area (TPSA) is 196 Å². The Morgan fingerprint density at radius 3 is 2.52 bits per heavy atom. The molecular weight excluding hydrogens is 799 g/mol. The fourth-order valence-electron chi connectivity index (χ4n) is 8.37. The molecule has 1 saturated heterocycles. The number of halogens is 2. The summed E-state index contributed by atoms with van der Waals surface area (Å²) in [4.78, 5) is 74.4. The van der Waals surface area contributed by atoms with Crippen LogP contribution in [0.15, 0.2) is 59.8 Å². The van der Waals surface area contributed by atoms with Crippen LogP contribution in [0.1, 0.15) is 75.9 Å². The van der Waals surface area contributed by atoms with Crippen molar-refractivity contribution < 1.29 is 36.4 Å². The maximum atomic E-state index is 15.5. The molecule has 2 aromatic carbocycles. The molecule has 15 nitrogen and oxygen atoms in total. The van der Waals surface area contributed by atoms with Gasteiger partial charge in [-0.05, 0) is 54.7 Å². The van der Waals surface area contributed by atoms with Gasteiger partial charge in [-0.2, -0.15) is 0 Å². The van der Waals surface area contributed by atoms with E-state index in [0.29, 0.717) is 57.9 Å². The molecule has 0 spiro atoms. The van der Waals surface area contributed by atoms with Crippen molar-refractivity contribution in [2.75, 3.05) is 29.6 Å². The van der Waals surface area contributed by atoms with E-state index in [1.807, 2.05) is 6.07 Å². The Morgan fingerprint density at radius 2 is 1.77 bits per heavy atom. The van der Waals surface area contributed by atoms with Gasteiger partial charge in [-0.3, -0.25) is 29.3 Å². The van der Waals surface area contributed by atoms with Crippen LogP contribution in [0.25, 0.3) is 22.0 Å². The Morgan fingerprint density at radius 1 is 0.983 bits per heavy atom. The van der Waals surface area contributed by atoms with Crippen molar-refractivity contribution in [3.63, 3.8) is 0 Å². The van der Waals surface area contributed by atoms with Gasteiger partial charge in [-0.1, -0.05) is 18.9 Å². The molecule has 0 bridgehead atoms. The summed E-state index contributed by atoms with van der Waals surface area (Å²) >= 11 is 0. The zero-order valence-electron chi connectivity index (χ0n) is 32.9. The molecule has 0 aliphatic carbocycles. The number of hydrogen-bond donors (Lipinski definition) is 4. The van der Waals surface area contributed by atoms with Gasteiger partial charge in [0.1, 0.15) is 17.4 Å². The number of anilines is 3. The third-order valence-electron chi connectivity index (χ3n) is 11.2. The summed E-state index contributed by atoms with van der Waals surface area (Å²) < 4.78 is 56.4. The first-order chi connectivity index (χ1) is 28.7. The number of carbonyl (C=O) groups excluding carboxylic acids is 4. The fraction of sp³-hybridized carbons (Fsp3) is 0.333. The second-order valence-electron chi connectivity index (χ2n) is 15.5. The monoisotopic (exact) mass is 840 g/mol. The number of carbonyl (C=O) groups is 4. The minimum absolute atomic E-state index is 0.00423. The standard InChI is InChI=1S/C42H42F2N8O7S/c1-50-20-30-28-14-23(22-60(2,58)59)27(16-34(28)51(38-31(44)15-25(43)18-48-38)19-24-17-47-37(36(24)30)42(50)57)39(54)46-13-6-4-3-5-12-45-32-9-7-8-26-29(32)21-52(41(26)56)33-10-11-35(53)49-40(33)55/h7-9,14-18,20,33,45,47H,3-6,10-13,19,21-22H2,1-2H3,(H,46,54)(H,49,53,55). The van der Waals surface area contributed by atoms with Gasteiger partial charge in [0, 0.05) is 96.7 Å². The Kier molecular flexibility index (Phi) is 10.7. The quantitative estimate of drug-likeness (QED) is 0.0964. The SMILES string of the molecule is Cn1cc2c3c(c[nH]c3c1=O)CN(c1ncc(F)cc1F)c1cc(C(=O)NCCCCCCNc3cccc4c3CN(C3CCC(=O)NC3=O)C4=O)c(CS(C)(=O)=O)cc1-2. The van der Waals surface area contributed by atoms with Crippen LogP contribution in [0.3, 0.4) is 0 Å². The number of fused-ring (bicyclic) bond motifs is 3. The third-order valence-corrected chi connectivity index (χ3v) is 12.0. The number of benzene rings is 2. The predicted octanol–water partition coefficient (Wildman–Crippen LogP) is 4.57. The lowest BCUT2D eigenvalue weighted by Crippen LogP contribution is -2.52. The molecule has 1 atom stereocenters. The van der Waals surface area contributed by atoms with Crippen LogP contribution in [0.4, 0.5) is 26.0 Å². The van der Waals surface area contributed by atoms with Crippen molar-refractivity contribution in [1.29, 1.82) is 0 Å². The van der Waals surface area contributed by atoms with Gasteiger partial charge in [0.15, 0.2) is 21.5 Å². The largest absolute Gasteiger partial charge is 0.385 e. The lowest BCUT2D eigenvalue weighted by molar-refractivity contribution is -0.136. The average Bonchev–Trinajstić information content (AvgIpc) is 3.73. The molecular formula is C42H42F2N8O7S. The Bertz CT molecular complexity index is 2790. The van der Waals surface area contributed by atoms with E-state index < -0.39 is 45.1 Å². The first kappa shape index (κ1) is 40.4. The van der Waals surface area contributed by atoms with Crippen molar-refractivity contribution >= 4 is 61.6 Å². The highest BCUT2D eigenvalue weighted by molar-refractivity contribution is 7.89. The summed E-state index contributed by atoms with van der Waals surface area (Å²) in [6, 6.07) is 8.52. The second kappa shape index (κ2) is 16.0.